The summed E-state index contributed by atoms with van der Waals surface area (Å²) in [6.07, 6.45) is 3.93. The van der Waals surface area contributed by atoms with Crippen molar-refractivity contribution in [2.45, 2.75) is 45.2 Å². The van der Waals surface area contributed by atoms with Gasteiger partial charge in [0.1, 0.15) is 0 Å². The van der Waals surface area contributed by atoms with Crippen LogP contribution in [0.4, 0.5) is 0 Å². The molecule has 0 aromatic carbocycles. The van der Waals surface area contributed by atoms with Crippen LogP contribution >= 0.6 is 34.3 Å². The predicted octanol–water partition coefficient (Wildman–Crippen LogP) is 5.97. The first-order valence-corrected chi connectivity index (χ1v) is 9.74. The standard InChI is InChI=1S/C17H22ClNS2/c1-11-8-12(2)10-13(9-11)19-17(14-4-3-7-20-14)15-5-6-16(18)21-15/h3-7,11-13,17,19H,8-10H2,1-2H3. The van der Waals surface area contributed by atoms with Crippen molar-refractivity contribution in [3.05, 3.63) is 43.7 Å². The van der Waals surface area contributed by atoms with E-state index in [0.717, 1.165) is 16.2 Å². The van der Waals surface area contributed by atoms with Gasteiger partial charge in [-0.05, 0) is 54.7 Å². The number of thiophene rings is 2. The molecule has 2 aromatic heterocycles. The van der Waals surface area contributed by atoms with Crippen molar-refractivity contribution in [2.75, 3.05) is 0 Å². The third kappa shape index (κ3) is 3.89. The van der Waals surface area contributed by atoms with Gasteiger partial charge in [-0.25, -0.2) is 0 Å². The Labute approximate surface area is 140 Å². The molecule has 2 aromatic rings. The SMILES string of the molecule is CC1CC(C)CC(NC(c2cccs2)c2ccc(Cl)s2)C1. The molecular formula is C17H22ClNS2. The Balaban J connectivity index is 1.80. The van der Waals surface area contributed by atoms with Crippen LogP contribution in [0.3, 0.4) is 0 Å². The van der Waals surface area contributed by atoms with Crippen LogP contribution in [0.1, 0.15) is 48.9 Å². The third-order valence-electron chi connectivity index (χ3n) is 4.29. The lowest BCUT2D eigenvalue weighted by molar-refractivity contribution is 0.232. The van der Waals surface area contributed by atoms with Gasteiger partial charge < -0.3 is 5.32 Å². The molecule has 0 saturated heterocycles. The molecule has 2 heterocycles. The summed E-state index contributed by atoms with van der Waals surface area (Å²) >= 11 is 9.67. The molecule has 1 aliphatic carbocycles. The van der Waals surface area contributed by atoms with Gasteiger partial charge in [0, 0.05) is 15.8 Å². The van der Waals surface area contributed by atoms with Gasteiger partial charge in [0.2, 0.25) is 0 Å². The molecule has 114 valence electrons. The molecule has 3 unspecified atom stereocenters. The van der Waals surface area contributed by atoms with Crippen molar-refractivity contribution >= 4 is 34.3 Å². The van der Waals surface area contributed by atoms with E-state index in [1.165, 1.54) is 29.0 Å². The lowest BCUT2D eigenvalue weighted by Gasteiger charge is -2.34. The first-order valence-electron chi connectivity index (χ1n) is 7.66. The summed E-state index contributed by atoms with van der Waals surface area (Å²) in [5, 5.41) is 6.07. The second kappa shape index (κ2) is 6.82. The molecule has 3 rings (SSSR count). The highest BCUT2D eigenvalue weighted by molar-refractivity contribution is 7.16. The molecule has 3 atom stereocenters. The minimum atomic E-state index is 0.296. The number of hydrogen-bond donors (Lipinski definition) is 1. The Morgan fingerprint density at radius 1 is 1.10 bits per heavy atom. The number of halogens is 1. The fourth-order valence-corrected chi connectivity index (χ4v) is 5.58. The summed E-state index contributed by atoms with van der Waals surface area (Å²) < 4.78 is 0.874. The van der Waals surface area contributed by atoms with Gasteiger partial charge in [-0.1, -0.05) is 31.5 Å². The number of rotatable bonds is 4. The zero-order valence-electron chi connectivity index (χ0n) is 12.5. The minimum absolute atomic E-state index is 0.296. The molecule has 1 saturated carbocycles. The van der Waals surface area contributed by atoms with Gasteiger partial charge in [-0.2, -0.15) is 0 Å². The van der Waals surface area contributed by atoms with Gasteiger partial charge in [0.25, 0.3) is 0 Å². The lowest BCUT2D eigenvalue weighted by atomic mass is 9.80. The highest BCUT2D eigenvalue weighted by Gasteiger charge is 2.27. The largest absolute Gasteiger partial charge is 0.302 e. The van der Waals surface area contributed by atoms with E-state index in [1.54, 1.807) is 11.3 Å². The van der Waals surface area contributed by atoms with Gasteiger partial charge in [0.05, 0.1) is 10.4 Å². The van der Waals surface area contributed by atoms with Crippen molar-refractivity contribution in [2.24, 2.45) is 11.8 Å². The zero-order valence-corrected chi connectivity index (χ0v) is 14.9. The van der Waals surface area contributed by atoms with E-state index in [-0.39, 0.29) is 0 Å². The highest BCUT2D eigenvalue weighted by Crippen LogP contribution is 2.36. The average Bonchev–Trinajstić information content (AvgIpc) is 3.06. The van der Waals surface area contributed by atoms with Crippen molar-refractivity contribution in [1.82, 2.24) is 5.32 Å². The van der Waals surface area contributed by atoms with Crippen LogP contribution in [0.25, 0.3) is 0 Å². The maximum absolute atomic E-state index is 6.15. The van der Waals surface area contributed by atoms with Crippen LogP contribution in [-0.2, 0) is 0 Å². The summed E-state index contributed by atoms with van der Waals surface area (Å²) in [6, 6.07) is 9.44. The molecule has 1 N–H and O–H groups in total. The van der Waals surface area contributed by atoms with E-state index in [1.807, 2.05) is 17.4 Å². The second-order valence-electron chi connectivity index (χ2n) is 6.37. The predicted molar refractivity (Wildman–Crippen MR) is 94.6 cm³/mol. The summed E-state index contributed by atoms with van der Waals surface area (Å²) in [5.74, 6) is 1.64. The smallest absolute Gasteiger partial charge is 0.0931 e. The van der Waals surface area contributed by atoms with Crippen molar-refractivity contribution in [3.63, 3.8) is 0 Å². The number of hydrogen-bond acceptors (Lipinski definition) is 3. The maximum atomic E-state index is 6.15. The molecule has 21 heavy (non-hydrogen) atoms. The molecule has 0 aliphatic heterocycles. The molecule has 0 bridgehead atoms. The first kappa shape index (κ1) is 15.5. The summed E-state index contributed by atoms with van der Waals surface area (Å²) in [7, 11) is 0. The van der Waals surface area contributed by atoms with E-state index in [9.17, 15) is 0 Å². The van der Waals surface area contributed by atoms with Crippen LogP contribution in [-0.4, -0.2) is 6.04 Å². The Morgan fingerprint density at radius 2 is 1.86 bits per heavy atom. The molecule has 0 spiro atoms. The Morgan fingerprint density at radius 3 is 2.43 bits per heavy atom. The molecule has 1 aliphatic rings. The quantitative estimate of drug-likeness (QED) is 0.723. The lowest BCUT2D eigenvalue weighted by Crippen LogP contribution is -2.38. The third-order valence-corrected chi connectivity index (χ3v) is 6.52. The number of nitrogens with one attached hydrogen (secondary N) is 1. The van der Waals surface area contributed by atoms with Crippen molar-refractivity contribution < 1.29 is 0 Å². The molecule has 4 heteroatoms. The fourth-order valence-electron chi connectivity index (χ4n) is 3.56. The molecule has 0 amide bonds. The molecule has 0 radical (unpaired) electrons. The van der Waals surface area contributed by atoms with E-state index >= 15 is 0 Å². The Kier molecular flexibility index (Phi) is 5.05. The van der Waals surface area contributed by atoms with Gasteiger partial charge in [0.15, 0.2) is 0 Å². The zero-order chi connectivity index (χ0) is 14.8. The molecule has 1 nitrogen and oxygen atoms in total. The van der Waals surface area contributed by atoms with E-state index in [0.29, 0.717) is 12.1 Å². The fraction of sp³-hybridized carbons (Fsp3) is 0.529. The highest BCUT2D eigenvalue weighted by atomic mass is 35.5. The summed E-state index contributed by atoms with van der Waals surface area (Å²) in [6.45, 7) is 4.76. The summed E-state index contributed by atoms with van der Waals surface area (Å²) in [5.41, 5.74) is 0. The van der Waals surface area contributed by atoms with Crippen LogP contribution in [0.2, 0.25) is 4.34 Å². The van der Waals surface area contributed by atoms with Crippen molar-refractivity contribution in [3.8, 4) is 0 Å². The molecular weight excluding hydrogens is 318 g/mol. The van der Waals surface area contributed by atoms with E-state index in [2.05, 4.69) is 42.7 Å². The van der Waals surface area contributed by atoms with E-state index in [4.69, 9.17) is 11.6 Å². The topological polar surface area (TPSA) is 12.0 Å². The average molecular weight is 340 g/mol. The van der Waals surface area contributed by atoms with E-state index < -0.39 is 0 Å². The van der Waals surface area contributed by atoms with Crippen LogP contribution in [0.15, 0.2) is 29.6 Å². The second-order valence-corrected chi connectivity index (χ2v) is 9.10. The first-order chi connectivity index (χ1) is 10.1. The monoisotopic (exact) mass is 339 g/mol. The van der Waals surface area contributed by atoms with Crippen molar-refractivity contribution in [1.29, 1.82) is 0 Å². The van der Waals surface area contributed by atoms with Gasteiger partial charge >= 0.3 is 0 Å². The van der Waals surface area contributed by atoms with Crippen LogP contribution in [0.5, 0.6) is 0 Å². The normalized spacial score (nSPS) is 27.7. The summed E-state index contributed by atoms with van der Waals surface area (Å²) in [4.78, 5) is 2.72. The Bertz CT molecular complexity index is 553. The van der Waals surface area contributed by atoms with Crippen LogP contribution in [0, 0.1) is 11.8 Å². The maximum Gasteiger partial charge on any atom is 0.0931 e. The minimum Gasteiger partial charge on any atom is -0.302 e. The van der Waals surface area contributed by atoms with Gasteiger partial charge in [-0.3, -0.25) is 0 Å². The molecule has 1 fully saturated rings. The van der Waals surface area contributed by atoms with Crippen LogP contribution < -0.4 is 5.32 Å². The van der Waals surface area contributed by atoms with Gasteiger partial charge in [-0.15, -0.1) is 22.7 Å². The Hall–Kier alpha value is -0.350.